The quantitative estimate of drug-likeness (QED) is 0.924. The fourth-order valence-corrected chi connectivity index (χ4v) is 3.06. The van der Waals surface area contributed by atoms with Gasteiger partial charge in [-0.25, -0.2) is 4.79 Å². The predicted octanol–water partition coefficient (Wildman–Crippen LogP) is 3.25. The largest absolute Gasteiger partial charge is 0.423 e. The number of hydrogen-bond donors (Lipinski definition) is 1. The van der Waals surface area contributed by atoms with Gasteiger partial charge in [-0.3, -0.25) is 0 Å². The highest BCUT2D eigenvalue weighted by Crippen LogP contribution is 2.23. The predicted molar refractivity (Wildman–Crippen MR) is 83.3 cm³/mol. The maximum absolute atomic E-state index is 12.4. The molecular weight excluding hydrogens is 280 g/mol. The van der Waals surface area contributed by atoms with E-state index in [9.17, 15) is 4.79 Å². The van der Waals surface area contributed by atoms with Crippen molar-refractivity contribution in [3.8, 4) is 11.5 Å². The lowest BCUT2D eigenvalue weighted by molar-refractivity contribution is 0.156. The van der Waals surface area contributed by atoms with Gasteiger partial charge in [-0.1, -0.05) is 19.9 Å². The smallest absolute Gasteiger partial charge is 0.321 e. The number of anilines is 1. The second kappa shape index (κ2) is 6.17. The topological polar surface area (TPSA) is 71.3 Å². The number of nitrogens with zero attached hydrogens (tertiary/aromatic N) is 3. The first kappa shape index (κ1) is 14.6. The van der Waals surface area contributed by atoms with Crippen LogP contribution >= 0.6 is 0 Å². The molecule has 1 N–H and O–H groups in total. The van der Waals surface area contributed by atoms with Crippen LogP contribution in [0.1, 0.15) is 20.3 Å². The maximum atomic E-state index is 12.4. The number of aromatic nitrogens is 2. The van der Waals surface area contributed by atoms with Crippen LogP contribution in [-0.2, 0) is 0 Å². The lowest BCUT2D eigenvalue weighted by atomic mass is 9.92. The molecule has 0 aliphatic carbocycles. The molecule has 2 heterocycles. The molecule has 2 atom stereocenters. The molecule has 0 spiro atoms. The minimum atomic E-state index is -0.0546. The SMILES string of the molecule is C[C@H]1C[C@H](C)CN(C(=O)Nc2cccc(-c3nnco3)c2)C1. The Morgan fingerprint density at radius 2 is 2.09 bits per heavy atom. The Bertz CT molecular complexity index is 631. The van der Waals surface area contributed by atoms with Crippen molar-refractivity contribution in [3.05, 3.63) is 30.7 Å². The summed E-state index contributed by atoms with van der Waals surface area (Å²) in [6.07, 6.45) is 2.47. The molecule has 3 rings (SSSR count). The Labute approximate surface area is 129 Å². The summed E-state index contributed by atoms with van der Waals surface area (Å²) in [5.74, 6) is 1.52. The summed E-state index contributed by atoms with van der Waals surface area (Å²) < 4.78 is 5.18. The Kier molecular flexibility index (Phi) is 4.09. The first-order chi connectivity index (χ1) is 10.6. The molecule has 0 bridgehead atoms. The van der Waals surface area contributed by atoms with Gasteiger partial charge in [-0.15, -0.1) is 10.2 Å². The third-order valence-electron chi connectivity index (χ3n) is 3.88. The minimum absolute atomic E-state index is 0.0546. The number of piperidine rings is 1. The zero-order valence-corrected chi connectivity index (χ0v) is 12.8. The fourth-order valence-electron chi connectivity index (χ4n) is 3.06. The molecule has 1 fully saturated rings. The maximum Gasteiger partial charge on any atom is 0.321 e. The van der Waals surface area contributed by atoms with Crippen LogP contribution in [0.3, 0.4) is 0 Å². The lowest BCUT2D eigenvalue weighted by Gasteiger charge is -2.34. The zero-order valence-electron chi connectivity index (χ0n) is 12.8. The Morgan fingerprint density at radius 1 is 1.32 bits per heavy atom. The second-order valence-corrected chi connectivity index (χ2v) is 6.11. The van der Waals surface area contributed by atoms with Crippen molar-refractivity contribution < 1.29 is 9.21 Å². The molecule has 22 heavy (non-hydrogen) atoms. The first-order valence-electron chi connectivity index (χ1n) is 7.54. The molecule has 1 aromatic carbocycles. The van der Waals surface area contributed by atoms with E-state index >= 15 is 0 Å². The van der Waals surface area contributed by atoms with E-state index in [-0.39, 0.29) is 6.03 Å². The van der Waals surface area contributed by atoms with Crippen LogP contribution in [0.4, 0.5) is 10.5 Å². The Balaban J connectivity index is 1.70. The van der Waals surface area contributed by atoms with Crippen LogP contribution in [0.5, 0.6) is 0 Å². The highest BCUT2D eigenvalue weighted by molar-refractivity contribution is 5.90. The molecule has 1 aliphatic heterocycles. The van der Waals surface area contributed by atoms with Crippen molar-refractivity contribution in [2.24, 2.45) is 11.8 Å². The normalized spacial score (nSPS) is 21.6. The van der Waals surface area contributed by atoms with E-state index in [1.54, 1.807) is 0 Å². The third-order valence-corrected chi connectivity index (χ3v) is 3.88. The van der Waals surface area contributed by atoms with Crippen LogP contribution in [0, 0.1) is 11.8 Å². The molecule has 6 heteroatoms. The summed E-state index contributed by atoms with van der Waals surface area (Å²) in [5, 5.41) is 10.5. The molecule has 1 saturated heterocycles. The highest BCUT2D eigenvalue weighted by Gasteiger charge is 2.25. The van der Waals surface area contributed by atoms with Crippen LogP contribution < -0.4 is 5.32 Å². The van der Waals surface area contributed by atoms with Gasteiger partial charge in [-0.2, -0.15) is 0 Å². The Hall–Kier alpha value is -2.37. The molecule has 0 radical (unpaired) electrons. The van der Waals surface area contributed by atoms with Crippen LogP contribution in [0.25, 0.3) is 11.5 Å². The minimum Gasteiger partial charge on any atom is -0.423 e. The number of nitrogens with one attached hydrogen (secondary N) is 1. The van der Waals surface area contributed by atoms with Gasteiger partial charge in [0.1, 0.15) is 0 Å². The molecule has 0 saturated carbocycles. The Morgan fingerprint density at radius 3 is 2.77 bits per heavy atom. The van der Waals surface area contributed by atoms with Crippen molar-refractivity contribution in [2.75, 3.05) is 18.4 Å². The van der Waals surface area contributed by atoms with E-state index in [2.05, 4.69) is 29.4 Å². The number of benzene rings is 1. The summed E-state index contributed by atoms with van der Waals surface area (Å²) in [6, 6.07) is 7.36. The average Bonchev–Trinajstić information content (AvgIpc) is 3.00. The highest BCUT2D eigenvalue weighted by atomic mass is 16.4. The number of carbonyl (C=O) groups is 1. The lowest BCUT2D eigenvalue weighted by Crippen LogP contribution is -2.44. The van der Waals surface area contributed by atoms with Gasteiger partial charge in [0.15, 0.2) is 0 Å². The summed E-state index contributed by atoms with van der Waals surface area (Å²) in [5.41, 5.74) is 1.52. The van der Waals surface area contributed by atoms with E-state index in [0.29, 0.717) is 17.7 Å². The first-order valence-corrected chi connectivity index (χ1v) is 7.54. The number of urea groups is 1. The second-order valence-electron chi connectivity index (χ2n) is 6.11. The van der Waals surface area contributed by atoms with Gasteiger partial charge in [0.2, 0.25) is 12.3 Å². The van der Waals surface area contributed by atoms with E-state index in [1.807, 2.05) is 29.2 Å². The summed E-state index contributed by atoms with van der Waals surface area (Å²) >= 11 is 0. The zero-order chi connectivity index (χ0) is 15.5. The van der Waals surface area contributed by atoms with E-state index in [0.717, 1.165) is 24.3 Å². The number of hydrogen-bond acceptors (Lipinski definition) is 4. The van der Waals surface area contributed by atoms with Crippen molar-refractivity contribution >= 4 is 11.7 Å². The number of carbonyl (C=O) groups excluding carboxylic acids is 1. The van der Waals surface area contributed by atoms with E-state index in [1.165, 1.54) is 12.8 Å². The van der Waals surface area contributed by atoms with Crippen molar-refractivity contribution in [3.63, 3.8) is 0 Å². The van der Waals surface area contributed by atoms with Gasteiger partial charge in [-0.05, 0) is 36.5 Å². The van der Waals surface area contributed by atoms with Gasteiger partial charge in [0.05, 0.1) is 0 Å². The molecule has 116 valence electrons. The van der Waals surface area contributed by atoms with Crippen molar-refractivity contribution in [1.29, 1.82) is 0 Å². The molecule has 1 aromatic heterocycles. The van der Waals surface area contributed by atoms with Gasteiger partial charge in [0.25, 0.3) is 0 Å². The molecule has 2 amide bonds. The van der Waals surface area contributed by atoms with Crippen molar-refractivity contribution in [2.45, 2.75) is 20.3 Å². The number of amides is 2. The molecule has 6 nitrogen and oxygen atoms in total. The third kappa shape index (κ3) is 3.27. The van der Waals surface area contributed by atoms with Crippen LogP contribution in [0.2, 0.25) is 0 Å². The van der Waals surface area contributed by atoms with Gasteiger partial charge in [0, 0.05) is 24.3 Å². The van der Waals surface area contributed by atoms with E-state index < -0.39 is 0 Å². The summed E-state index contributed by atoms with van der Waals surface area (Å²) in [4.78, 5) is 14.3. The molecule has 2 aromatic rings. The van der Waals surface area contributed by atoms with Crippen LogP contribution in [-0.4, -0.2) is 34.2 Å². The van der Waals surface area contributed by atoms with Crippen molar-refractivity contribution in [1.82, 2.24) is 15.1 Å². The van der Waals surface area contributed by atoms with Crippen LogP contribution in [0.15, 0.2) is 35.1 Å². The number of rotatable bonds is 2. The van der Waals surface area contributed by atoms with Gasteiger partial charge >= 0.3 is 6.03 Å². The van der Waals surface area contributed by atoms with Gasteiger partial charge < -0.3 is 14.6 Å². The van der Waals surface area contributed by atoms with E-state index in [4.69, 9.17) is 4.42 Å². The fraction of sp³-hybridized carbons (Fsp3) is 0.438. The molecule has 1 aliphatic rings. The number of likely N-dealkylation sites (tertiary alicyclic amines) is 1. The summed E-state index contributed by atoms with van der Waals surface area (Å²) in [6.45, 7) is 5.98. The summed E-state index contributed by atoms with van der Waals surface area (Å²) in [7, 11) is 0. The molecule has 0 unspecified atom stereocenters. The average molecular weight is 300 g/mol. The molecular formula is C16H20N4O2. The monoisotopic (exact) mass is 300 g/mol. The standard InChI is InChI=1S/C16H20N4O2/c1-11-6-12(2)9-20(8-11)16(21)18-14-5-3-4-13(7-14)15-19-17-10-22-15/h3-5,7,10-12H,6,8-9H2,1-2H3,(H,18,21)/t11-,12-/m0/s1.